The number of hydrogen-bond donors (Lipinski definition) is 0. The molecule has 0 saturated heterocycles. The molecule has 5 heteroatoms. The van der Waals surface area contributed by atoms with Crippen molar-refractivity contribution in [3.63, 3.8) is 0 Å². The number of hydrogen-bond acceptors (Lipinski definition) is 3. The van der Waals surface area contributed by atoms with E-state index in [2.05, 4.69) is 5.92 Å². The molecule has 0 saturated carbocycles. The van der Waals surface area contributed by atoms with E-state index in [-0.39, 0.29) is 9.79 Å². The summed E-state index contributed by atoms with van der Waals surface area (Å²) in [5.41, 5.74) is 0.708. The maximum absolute atomic E-state index is 12.6. The summed E-state index contributed by atoms with van der Waals surface area (Å²) in [6, 6.07) is 19.4. The molecule has 0 fully saturated rings. The third-order valence-corrected chi connectivity index (χ3v) is 5.53. The molecule has 0 N–H and O–H groups in total. The zero-order chi connectivity index (χ0) is 17.9. The first kappa shape index (κ1) is 17.1. The van der Waals surface area contributed by atoms with Gasteiger partial charge in [-0.25, -0.2) is 8.42 Å². The summed E-state index contributed by atoms with van der Waals surface area (Å²) in [6.07, 6.45) is 5.36. The minimum Gasteiger partial charge on any atom is -0.457 e. The van der Waals surface area contributed by atoms with Crippen molar-refractivity contribution in [1.29, 1.82) is 0 Å². The largest absolute Gasteiger partial charge is 0.457 e. The third kappa shape index (κ3) is 3.85. The molecule has 0 heterocycles. The second-order valence-corrected chi connectivity index (χ2v) is 7.59. The van der Waals surface area contributed by atoms with Crippen LogP contribution in [0, 0.1) is 12.3 Å². The van der Waals surface area contributed by atoms with Gasteiger partial charge in [0.05, 0.1) is 9.79 Å². The van der Waals surface area contributed by atoms with Crippen LogP contribution in [0.4, 0.5) is 0 Å². The van der Waals surface area contributed by atoms with Crippen LogP contribution in [0.3, 0.4) is 0 Å². The minimum atomic E-state index is -3.60. The van der Waals surface area contributed by atoms with Gasteiger partial charge >= 0.3 is 0 Å². The first-order valence-electron chi connectivity index (χ1n) is 7.34. The average Bonchev–Trinajstić information content (AvgIpc) is 2.63. The predicted octanol–water partition coefficient (Wildman–Crippen LogP) is 4.95. The molecule has 0 unspecified atom stereocenters. The molecule has 0 bridgehead atoms. The molecule has 124 valence electrons. The van der Waals surface area contributed by atoms with Crippen LogP contribution in [0.2, 0.25) is 5.02 Å². The smallest absolute Gasteiger partial charge is 0.206 e. The minimum absolute atomic E-state index is 0.180. The van der Waals surface area contributed by atoms with E-state index in [0.717, 1.165) is 0 Å². The normalized spacial score (nSPS) is 10.9. The summed E-state index contributed by atoms with van der Waals surface area (Å²) >= 11 is 5.80. The Balaban J connectivity index is 1.84. The molecule has 3 aromatic rings. The van der Waals surface area contributed by atoms with E-state index >= 15 is 0 Å². The Morgan fingerprint density at radius 1 is 0.840 bits per heavy atom. The maximum Gasteiger partial charge on any atom is 0.206 e. The molecule has 0 spiro atoms. The molecule has 0 aliphatic heterocycles. The van der Waals surface area contributed by atoms with E-state index in [1.165, 1.54) is 24.3 Å². The summed E-state index contributed by atoms with van der Waals surface area (Å²) in [4.78, 5) is 0.367. The van der Waals surface area contributed by atoms with Gasteiger partial charge in [0.25, 0.3) is 0 Å². The van der Waals surface area contributed by atoms with Gasteiger partial charge in [-0.2, -0.15) is 0 Å². The zero-order valence-electron chi connectivity index (χ0n) is 13.0. The number of benzene rings is 3. The highest BCUT2D eigenvalue weighted by Gasteiger charge is 2.17. The molecular weight excluding hydrogens is 356 g/mol. The van der Waals surface area contributed by atoms with Gasteiger partial charge in [0.15, 0.2) is 0 Å². The van der Waals surface area contributed by atoms with E-state index < -0.39 is 9.84 Å². The lowest BCUT2D eigenvalue weighted by molar-refractivity contribution is 0.482. The summed E-state index contributed by atoms with van der Waals surface area (Å²) in [7, 11) is -3.60. The molecule has 0 atom stereocenters. The van der Waals surface area contributed by atoms with Crippen LogP contribution in [0.15, 0.2) is 82.6 Å². The quantitative estimate of drug-likeness (QED) is 0.612. The van der Waals surface area contributed by atoms with Gasteiger partial charge in [-0.3, -0.25) is 0 Å². The summed E-state index contributed by atoms with van der Waals surface area (Å²) in [5.74, 6) is 3.64. The molecule has 0 aliphatic rings. The van der Waals surface area contributed by atoms with Crippen LogP contribution in [0.5, 0.6) is 11.5 Å². The standard InChI is InChI=1S/C20H13ClO3S/c1-2-15-4-3-5-18(14-15)24-17-8-12-20(13-9-17)25(22,23)19-10-6-16(21)7-11-19/h1,3-14H. The van der Waals surface area contributed by atoms with Gasteiger partial charge in [0, 0.05) is 10.6 Å². The van der Waals surface area contributed by atoms with Crippen molar-refractivity contribution in [2.24, 2.45) is 0 Å². The Morgan fingerprint density at radius 3 is 2.04 bits per heavy atom. The zero-order valence-corrected chi connectivity index (χ0v) is 14.6. The van der Waals surface area contributed by atoms with Crippen molar-refractivity contribution < 1.29 is 13.2 Å². The lowest BCUT2D eigenvalue weighted by Gasteiger charge is -2.08. The number of ether oxygens (including phenoxy) is 1. The van der Waals surface area contributed by atoms with Crippen molar-refractivity contribution >= 4 is 21.4 Å². The van der Waals surface area contributed by atoms with Crippen LogP contribution in [-0.2, 0) is 9.84 Å². The lowest BCUT2D eigenvalue weighted by atomic mass is 10.2. The Bertz CT molecular complexity index is 1030. The summed E-state index contributed by atoms with van der Waals surface area (Å²) < 4.78 is 30.9. The fourth-order valence-corrected chi connectivity index (χ4v) is 3.61. The first-order valence-corrected chi connectivity index (χ1v) is 9.20. The van der Waals surface area contributed by atoms with Gasteiger partial charge < -0.3 is 4.74 Å². The number of halogens is 1. The summed E-state index contributed by atoms with van der Waals surface area (Å²) in [6.45, 7) is 0. The van der Waals surface area contributed by atoms with Crippen molar-refractivity contribution in [2.75, 3.05) is 0 Å². The highest BCUT2D eigenvalue weighted by atomic mass is 35.5. The van der Waals surface area contributed by atoms with Crippen molar-refractivity contribution in [3.05, 3.63) is 83.4 Å². The first-order chi connectivity index (χ1) is 12.0. The second kappa shape index (κ2) is 7.02. The molecule has 3 rings (SSSR count). The van der Waals surface area contributed by atoms with Crippen molar-refractivity contribution in [2.45, 2.75) is 9.79 Å². The summed E-state index contributed by atoms with van der Waals surface area (Å²) in [5, 5.41) is 0.483. The van der Waals surface area contributed by atoms with Crippen LogP contribution in [0.25, 0.3) is 0 Å². The van der Waals surface area contributed by atoms with Crippen molar-refractivity contribution in [3.8, 4) is 23.8 Å². The molecule has 3 nitrogen and oxygen atoms in total. The predicted molar refractivity (Wildman–Crippen MR) is 97.8 cm³/mol. The Morgan fingerprint density at radius 2 is 1.44 bits per heavy atom. The Hall–Kier alpha value is -2.74. The molecule has 25 heavy (non-hydrogen) atoms. The van der Waals surface area contributed by atoms with E-state index in [0.29, 0.717) is 22.1 Å². The maximum atomic E-state index is 12.6. The van der Waals surface area contributed by atoms with Crippen LogP contribution < -0.4 is 4.74 Å². The average molecular weight is 369 g/mol. The number of sulfone groups is 1. The molecule has 0 amide bonds. The van der Waals surface area contributed by atoms with Crippen LogP contribution in [-0.4, -0.2) is 8.42 Å². The highest BCUT2D eigenvalue weighted by molar-refractivity contribution is 7.91. The monoisotopic (exact) mass is 368 g/mol. The fourth-order valence-electron chi connectivity index (χ4n) is 2.22. The van der Waals surface area contributed by atoms with Gasteiger partial charge in [0.1, 0.15) is 11.5 Å². The number of terminal acetylenes is 1. The van der Waals surface area contributed by atoms with E-state index in [9.17, 15) is 8.42 Å². The molecule has 0 aliphatic carbocycles. The van der Waals surface area contributed by atoms with Crippen LogP contribution in [0.1, 0.15) is 5.56 Å². The third-order valence-electron chi connectivity index (χ3n) is 3.49. The van der Waals surface area contributed by atoms with Gasteiger partial charge in [-0.05, 0) is 66.7 Å². The Kier molecular flexibility index (Phi) is 4.80. The molecule has 0 aromatic heterocycles. The fraction of sp³-hybridized carbons (Fsp3) is 0. The highest BCUT2D eigenvalue weighted by Crippen LogP contribution is 2.27. The number of rotatable bonds is 4. The van der Waals surface area contributed by atoms with Gasteiger partial charge in [0.2, 0.25) is 9.84 Å². The lowest BCUT2D eigenvalue weighted by Crippen LogP contribution is -2.01. The van der Waals surface area contributed by atoms with Gasteiger partial charge in [-0.1, -0.05) is 23.6 Å². The Labute approximate surface area is 151 Å². The van der Waals surface area contributed by atoms with E-state index in [4.69, 9.17) is 22.8 Å². The van der Waals surface area contributed by atoms with Crippen molar-refractivity contribution in [1.82, 2.24) is 0 Å². The molecular formula is C20H13ClO3S. The van der Waals surface area contributed by atoms with E-state index in [1.807, 2.05) is 0 Å². The topological polar surface area (TPSA) is 43.4 Å². The molecule has 0 radical (unpaired) electrons. The second-order valence-electron chi connectivity index (χ2n) is 5.20. The SMILES string of the molecule is C#Cc1cccc(Oc2ccc(S(=O)(=O)c3ccc(Cl)cc3)cc2)c1. The van der Waals surface area contributed by atoms with Crippen LogP contribution >= 0.6 is 11.6 Å². The molecule has 3 aromatic carbocycles. The van der Waals surface area contributed by atoms with Gasteiger partial charge in [-0.15, -0.1) is 6.42 Å². The van der Waals surface area contributed by atoms with E-state index in [1.54, 1.807) is 48.5 Å².